The number of aryl methyl sites for hydroxylation is 1. The van der Waals surface area contributed by atoms with Crippen molar-refractivity contribution in [2.75, 3.05) is 0 Å². The van der Waals surface area contributed by atoms with E-state index in [-0.39, 0.29) is 0 Å². The third-order valence-corrected chi connectivity index (χ3v) is 2.84. The van der Waals surface area contributed by atoms with E-state index in [9.17, 15) is 0 Å². The molecule has 0 atom stereocenters. The van der Waals surface area contributed by atoms with E-state index in [1.165, 1.54) is 0 Å². The summed E-state index contributed by atoms with van der Waals surface area (Å²) in [5.41, 5.74) is 2.48. The van der Waals surface area contributed by atoms with Gasteiger partial charge < -0.3 is 9.30 Å². The van der Waals surface area contributed by atoms with Crippen molar-refractivity contribution in [1.82, 2.24) is 24.5 Å². The standard InChI is InChI=1S/C14H13N5O/c1-19-10-15-6-11(19)9-20-14-8-17-13(7-18-14)12-4-2-3-5-16-12/h2-8,10H,9H2,1H3. The molecule has 3 aromatic rings. The van der Waals surface area contributed by atoms with Crippen LogP contribution in [0, 0.1) is 0 Å². The molecule has 0 aliphatic heterocycles. The van der Waals surface area contributed by atoms with Gasteiger partial charge in [0.1, 0.15) is 12.3 Å². The molecular weight excluding hydrogens is 254 g/mol. The first-order chi connectivity index (χ1) is 9.83. The van der Waals surface area contributed by atoms with Gasteiger partial charge in [0.15, 0.2) is 0 Å². The summed E-state index contributed by atoms with van der Waals surface area (Å²) in [4.78, 5) is 16.8. The van der Waals surface area contributed by atoms with Crippen LogP contribution in [0.5, 0.6) is 5.88 Å². The van der Waals surface area contributed by atoms with Gasteiger partial charge in [-0.2, -0.15) is 0 Å². The maximum Gasteiger partial charge on any atom is 0.232 e. The fourth-order valence-corrected chi connectivity index (χ4v) is 1.71. The molecule has 3 aromatic heterocycles. The summed E-state index contributed by atoms with van der Waals surface area (Å²) < 4.78 is 7.47. The topological polar surface area (TPSA) is 65.7 Å². The molecule has 0 saturated carbocycles. The van der Waals surface area contributed by atoms with Crippen molar-refractivity contribution in [3.63, 3.8) is 0 Å². The molecule has 20 heavy (non-hydrogen) atoms. The molecule has 0 N–H and O–H groups in total. The largest absolute Gasteiger partial charge is 0.470 e. The molecule has 0 amide bonds. The Bertz CT molecular complexity index is 678. The predicted octanol–water partition coefficient (Wildman–Crippen LogP) is 1.85. The second-order valence-corrected chi connectivity index (χ2v) is 4.24. The Labute approximate surface area is 116 Å². The first-order valence-corrected chi connectivity index (χ1v) is 6.14. The molecule has 0 aliphatic carbocycles. The van der Waals surface area contributed by atoms with Crippen LogP contribution >= 0.6 is 0 Å². The quantitative estimate of drug-likeness (QED) is 0.721. The Morgan fingerprint density at radius 3 is 2.65 bits per heavy atom. The zero-order valence-corrected chi connectivity index (χ0v) is 11.0. The minimum atomic E-state index is 0.411. The molecule has 3 rings (SSSR count). The molecule has 3 heterocycles. The first-order valence-electron chi connectivity index (χ1n) is 6.14. The fourth-order valence-electron chi connectivity index (χ4n) is 1.71. The maximum absolute atomic E-state index is 5.57. The molecule has 0 spiro atoms. The number of hydrogen-bond acceptors (Lipinski definition) is 5. The highest BCUT2D eigenvalue weighted by Crippen LogP contribution is 2.14. The minimum absolute atomic E-state index is 0.411. The number of rotatable bonds is 4. The summed E-state index contributed by atoms with van der Waals surface area (Å²) in [6.45, 7) is 0.411. The lowest BCUT2D eigenvalue weighted by atomic mass is 10.3. The summed E-state index contributed by atoms with van der Waals surface area (Å²) in [6, 6.07) is 5.67. The third-order valence-electron chi connectivity index (χ3n) is 2.84. The molecule has 0 bridgehead atoms. The zero-order chi connectivity index (χ0) is 13.8. The van der Waals surface area contributed by atoms with Crippen molar-refractivity contribution in [1.29, 1.82) is 0 Å². The number of hydrogen-bond donors (Lipinski definition) is 0. The van der Waals surface area contributed by atoms with Gasteiger partial charge in [0.2, 0.25) is 5.88 Å². The fraction of sp³-hybridized carbons (Fsp3) is 0.143. The van der Waals surface area contributed by atoms with E-state index in [0.29, 0.717) is 12.5 Å². The molecule has 0 radical (unpaired) electrons. The Morgan fingerprint density at radius 2 is 2.00 bits per heavy atom. The molecular formula is C14H13N5O. The van der Waals surface area contributed by atoms with Gasteiger partial charge in [-0.3, -0.25) is 4.98 Å². The lowest BCUT2D eigenvalue weighted by Crippen LogP contribution is -2.02. The van der Waals surface area contributed by atoms with E-state index in [0.717, 1.165) is 17.1 Å². The van der Waals surface area contributed by atoms with Gasteiger partial charge >= 0.3 is 0 Å². The van der Waals surface area contributed by atoms with E-state index in [1.807, 2.05) is 29.8 Å². The van der Waals surface area contributed by atoms with Gasteiger partial charge in [0.05, 0.1) is 36.3 Å². The first kappa shape index (κ1) is 12.3. The van der Waals surface area contributed by atoms with Crippen molar-refractivity contribution in [2.24, 2.45) is 7.05 Å². The Hall–Kier alpha value is -2.76. The lowest BCUT2D eigenvalue weighted by Gasteiger charge is -2.05. The summed E-state index contributed by atoms with van der Waals surface area (Å²) >= 11 is 0. The van der Waals surface area contributed by atoms with Crippen LogP contribution in [0.25, 0.3) is 11.4 Å². The van der Waals surface area contributed by atoms with Crippen LogP contribution in [0.1, 0.15) is 5.69 Å². The lowest BCUT2D eigenvalue weighted by molar-refractivity contribution is 0.284. The van der Waals surface area contributed by atoms with Gasteiger partial charge in [-0.05, 0) is 12.1 Å². The molecule has 0 saturated heterocycles. The molecule has 6 nitrogen and oxygen atoms in total. The predicted molar refractivity (Wildman–Crippen MR) is 72.8 cm³/mol. The Kier molecular flexibility index (Phi) is 3.36. The number of nitrogens with zero attached hydrogens (tertiary/aromatic N) is 5. The van der Waals surface area contributed by atoms with Crippen LogP contribution in [0.3, 0.4) is 0 Å². The second kappa shape index (κ2) is 5.48. The average molecular weight is 267 g/mol. The van der Waals surface area contributed by atoms with Crippen molar-refractivity contribution in [2.45, 2.75) is 6.61 Å². The highest BCUT2D eigenvalue weighted by Gasteiger charge is 2.04. The Balaban J connectivity index is 1.69. The van der Waals surface area contributed by atoms with Crippen molar-refractivity contribution in [3.8, 4) is 17.3 Å². The number of imidazole rings is 1. The normalized spacial score (nSPS) is 10.4. The highest BCUT2D eigenvalue weighted by molar-refractivity contribution is 5.51. The van der Waals surface area contributed by atoms with E-state index >= 15 is 0 Å². The van der Waals surface area contributed by atoms with Gasteiger partial charge in [-0.15, -0.1) is 0 Å². The second-order valence-electron chi connectivity index (χ2n) is 4.24. The SMILES string of the molecule is Cn1cncc1COc1cnc(-c2ccccn2)cn1. The number of pyridine rings is 1. The van der Waals surface area contributed by atoms with Crippen LogP contribution < -0.4 is 4.74 Å². The highest BCUT2D eigenvalue weighted by atomic mass is 16.5. The average Bonchev–Trinajstić information content (AvgIpc) is 2.92. The van der Waals surface area contributed by atoms with Crippen LogP contribution in [0.15, 0.2) is 49.3 Å². The molecule has 0 fully saturated rings. The van der Waals surface area contributed by atoms with Gasteiger partial charge in [0.25, 0.3) is 0 Å². The Morgan fingerprint density at radius 1 is 1.05 bits per heavy atom. The van der Waals surface area contributed by atoms with E-state index in [2.05, 4.69) is 19.9 Å². The molecule has 6 heteroatoms. The summed E-state index contributed by atoms with van der Waals surface area (Å²) in [5.74, 6) is 0.478. The summed E-state index contributed by atoms with van der Waals surface area (Å²) in [5, 5.41) is 0. The van der Waals surface area contributed by atoms with Crippen molar-refractivity contribution < 1.29 is 4.74 Å². The maximum atomic E-state index is 5.57. The minimum Gasteiger partial charge on any atom is -0.470 e. The van der Waals surface area contributed by atoms with Crippen LogP contribution in [0.2, 0.25) is 0 Å². The molecule has 0 aliphatic rings. The summed E-state index contributed by atoms with van der Waals surface area (Å²) in [6.07, 6.45) is 8.47. The number of ether oxygens (including phenoxy) is 1. The zero-order valence-electron chi connectivity index (χ0n) is 11.0. The van der Waals surface area contributed by atoms with Crippen LogP contribution in [0.4, 0.5) is 0 Å². The van der Waals surface area contributed by atoms with Gasteiger partial charge in [-0.25, -0.2) is 15.0 Å². The van der Waals surface area contributed by atoms with Gasteiger partial charge in [0, 0.05) is 13.2 Å². The van der Waals surface area contributed by atoms with Crippen molar-refractivity contribution >= 4 is 0 Å². The number of aromatic nitrogens is 5. The van der Waals surface area contributed by atoms with E-state index < -0.39 is 0 Å². The van der Waals surface area contributed by atoms with Gasteiger partial charge in [-0.1, -0.05) is 6.07 Å². The van der Waals surface area contributed by atoms with Crippen molar-refractivity contribution in [3.05, 3.63) is 55.0 Å². The van der Waals surface area contributed by atoms with Crippen LogP contribution in [-0.2, 0) is 13.7 Å². The van der Waals surface area contributed by atoms with E-state index in [4.69, 9.17) is 4.74 Å². The third kappa shape index (κ3) is 2.64. The molecule has 0 unspecified atom stereocenters. The van der Waals surface area contributed by atoms with E-state index in [1.54, 1.807) is 31.1 Å². The summed E-state index contributed by atoms with van der Waals surface area (Å²) in [7, 11) is 1.92. The van der Waals surface area contributed by atoms with Crippen LogP contribution in [-0.4, -0.2) is 24.5 Å². The smallest absolute Gasteiger partial charge is 0.232 e. The molecule has 0 aromatic carbocycles. The monoisotopic (exact) mass is 267 g/mol. The molecule has 100 valence electrons.